The van der Waals surface area contributed by atoms with Crippen LogP contribution in [0, 0.1) is 19.8 Å². The number of hydrogen-bond donors (Lipinski definition) is 1. The number of likely N-dealkylation sites (tertiary alicyclic amines) is 1. The molecular formula is C22H23N3O3. The van der Waals surface area contributed by atoms with Gasteiger partial charge in [-0.1, -0.05) is 11.2 Å². The minimum atomic E-state index is 0.0138. The zero-order valence-corrected chi connectivity index (χ0v) is 16.1. The molecule has 3 heterocycles. The molecule has 6 nitrogen and oxygen atoms in total. The van der Waals surface area contributed by atoms with Crippen molar-refractivity contribution < 1.29 is 14.4 Å². The lowest BCUT2D eigenvalue weighted by molar-refractivity contribution is 0.0787. The van der Waals surface area contributed by atoms with Crippen LogP contribution in [0.1, 0.15) is 33.9 Å². The van der Waals surface area contributed by atoms with Gasteiger partial charge in [-0.2, -0.15) is 0 Å². The van der Waals surface area contributed by atoms with Crippen LogP contribution in [0.2, 0.25) is 0 Å². The van der Waals surface area contributed by atoms with E-state index in [9.17, 15) is 9.90 Å². The van der Waals surface area contributed by atoms with Crippen LogP contribution in [-0.2, 0) is 6.42 Å². The highest BCUT2D eigenvalue weighted by Gasteiger charge is 2.27. The fraction of sp³-hybridized carbons (Fsp3) is 0.318. The molecular weight excluding hydrogens is 354 g/mol. The quantitative estimate of drug-likeness (QED) is 0.749. The molecule has 3 aromatic rings. The first kappa shape index (κ1) is 18.2. The summed E-state index contributed by atoms with van der Waals surface area (Å²) < 4.78 is 5.26. The van der Waals surface area contributed by atoms with Gasteiger partial charge in [-0.3, -0.25) is 9.78 Å². The Bertz CT molecular complexity index is 975. The van der Waals surface area contributed by atoms with Crippen LogP contribution >= 0.6 is 0 Å². The molecule has 0 saturated carbocycles. The number of aromatic nitrogens is 2. The molecule has 1 fully saturated rings. The van der Waals surface area contributed by atoms with Gasteiger partial charge in [0.25, 0.3) is 5.91 Å². The number of aromatic hydroxyl groups is 1. The van der Waals surface area contributed by atoms with E-state index in [0.29, 0.717) is 11.5 Å². The van der Waals surface area contributed by atoms with Gasteiger partial charge in [0.15, 0.2) is 0 Å². The Morgan fingerprint density at radius 3 is 2.71 bits per heavy atom. The lowest BCUT2D eigenvalue weighted by atomic mass is 10.0. The van der Waals surface area contributed by atoms with Crippen molar-refractivity contribution in [2.45, 2.75) is 26.7 Å². The van der Waals surface area contributed by atoms with Crippen molar-refractivity contribution in [2.75, 3.05) is 13.1 Å². The molecule has 1 saturated heterocycles. The standard InChI is InChI=1S/C22H23N3O3/c1-14-21(15(2)28-24-14)20-5-3-4-18(23-20)12-16-10-11-25(13-16)22(27)17-6-8-19(26)9-7-17/h3-9,16,26H,10-13H2,1-2H3/t16-/m0/s1. The zero-order chi connectivity index (χ0) is 19.7. The van der Waals surface area contributed by atoms with Gasteiger partial charge >= 0.3 is 0 Å². The van der Waals surface area contributed by atoms with Gasteiger partial charge in [0.1, 0.15) is 11.5 Å². The predicted molar refractivity (Wildman–Crippen MR) is 105 cm³/mol. The first-order valence-electron chi connectivity index (χ1n) is 9.48. The van der Waals surface area contributed by atoms with Gasteiger partial charge in [-0.05, 0) is 69.0 Å². The van der Waals surface area contributed by atoms with Crippen molar-refractivity contribution >= 4 is 5.91 Å². The second-order valence-corrected chi connectivity index (χ2v) is 7.37. The third-order valence-corrected chi connectivity index (χ3v) is 5.28. The minimum absolute atomic E-state index is 0.0138. The maximum absolute atomic E-state index is 12.7. The van der Waals surface area contributed by atoms with Crippen molar-refractivity contribution in [3.05, 3.63) is 65.2 Å². The molecule has 0 bridgehead atoms. The monoisotopic (exact) mass is 377 g/mol. The number of aryl methyl sites for hydroxylation is 2. The Balaban J connectivity index is 1.44. The van der Waals surface area contributed by atoms with Gasteiger partial charge in [0, 0.05) is 24.3 Å². The number of pyridine rings is 1. The molecule has 1 aromatic carbocycles. The number of benzene rings is 1. The molecule has 0 radical (unpaired) electrons. The van der Waals surface area contributed by atoms with Crippen LogP contribution in [0.25, 0.3) is 11.3 Å². The lowest BCUT2D eigenvalue weighted by Crippen LogP contribution is -2.28. The highest BCUT2D eigenvalue weighted by Crippen LogP contribution is 2.27. The smallest absolute Gasteiger partial charge is 0.253 e. The molecule has 0 spiro atoms. The Labute approximate surface area is 163 Å². The number of nitrogens with zero attached hydrogens (tertiary/aromatic N) is 3. The first-order chi connectivity index (χ1) is 13.5. The van der Waals surface area contributed by atoms with E-state index in [1.165, 1.54) is 0 Å². The van der Waals surface area contributed by atoms with Crippen molar-refractivity contribution in [1.82, 2.24) is 15.0 Å². The maximum atomic E-state index is 12.7. The SMILES string of the molecule is Cc1noc(C)c1-c1cccc(C[C@@H]2CCN(C(=O)c3ccc(O)cc3)C2)n1. The van der Waals surface area contributed by atoms with Crippen molar-refractivity contribution in [2.24, 2.45) is 5.92 Å². The maximum Gasteiger partial charge on any atom is 0.253 e. The Morgan fingerprint density at radius 2 is 2.00 bits per heavy atom. The summed E-state index contributed by atoms with van der Waals surface area (Å²) in [6, 6.07) is 12.4. The molecule has 4 rings (SSSR count). The number of hydrogen-bond acceptors (Lipinski definition) is 5. The molecule has 2 aromatic heterocycles. The largest absolute Gasteiger partial charge is 0.508 e. The van der Waals surface area contributed by atoms with E-state index in [4.69, 9.17) is 9.51 Å². The predicted octanol–water partition coefficient (Wildman–Crippen LogP) is 3.76. The number of amides is 1. The highest BCUT2D eigenvalue weighted by molar-refractivity contribution is 5.94. The van der Waals surface area contributed by atoms with Gasteiger partial charge in [-0.25, -0.2) is 0 Å². The number of phenolic OH excluding ortho intramolecular Hbond substituents is 1. The summed E-state index contributed by atoms with van der Waals surface area (Å²) in [5.74, 6) is 1.34. The van der Waals surface area contributed by atoms with Crippen molar-refractivity contribution in [3.8, 4) is 17.0 Å². The molecule has 1 aliphatic heterocycles. The number of carbonyl (C=O) groups excluding carboxylic acids is 1. The number of carbonyl (C=O) groups is 1. The summed E-state index contributed by atoms with van der Waals surface area (Å²) in [6.45, 7) is 5.28. The van der Waals surface area contributed by atoms with E-state index in [-0.39, 0.29) is 11.7 Å². The van der Waals surface area contributed by atoms with E-state index in [0.717, 1.165) is 54.3 Å². The van der Waals surface area contributed by atoms with Gasteiger partial charge in [0.2, 0.25) is 0 Å². The normalized spacial score (nSPS) is 16.5. The fourth-order valence-electron chi connectivity index (χ4n) is 3.85. The molecule has 0 unspecified atom stereocenters. The molecule has 28 heavy (non-hydrogen) atoms. The minimum Gasteiger partial charge on any atom is -0.508 e. The Kier molecular flexibility index (Phi) is 4.86. The summed E-state index contributed by atoms with van der Waals surface area (Å²) in [7, 11) is 0. The van der Waals surface area contributed by atoms with Crippen LogP contribution in [-0.4, -0.2) is 39.1 Å². The van der Waals surface area contributed by atoms with Crippen molar-refractivity contribution in [1.29, 1.82) is 0 Å². The molecule has 144 valence electrons. The summed E-state index contributed by atoms with van der Waals surface area (Å²) in [4.78, 5) is 19.3. The van der Waals surface area contributed by atoms with Gasteiger partial charge in [-0.15, -0.1) is 0 Å². The summed E-state index contributed by atoms with van der Waals surface area (Å²) >= 11 is 0. The first-order valence-corrected chi connectivity index (χ1v) is 9.48. The van der Waals surface area contributed by atoms with Gasteiger partial charge in [0.05, 0.1) is 17.0 Å². The van der Waals surface area contributed by atoms with Crippen LogP contribution in [0.3, 0.4) is 0 Å². The zero-order valence-electron chi connectivity index (χ0n) is 16.1. The molecule has 1 N–H and O–H groups in total. The van der Waals surface area contributed by atoms with Crippen LogP contribution in [0.5, 0.6) is 5.75 Å². The molecule has 0 aliphatic carbocycles. The fourth-order valence-corrected chi connectivity index (χ4v) is 3.85. The third-order valence-electron chi connectivity index (χ3n) is 5.28. The van der Waals surface area contributed by atoms with E-state index in [1.54, 1.807) is 24.3 Å². The third kappa shape index (κ3) is 3.63. The average Bonchev–Trinajstić information content (AvgIpc) is 3.28. The van der Waals surface area contributed by atoms with E-state index in [1.807, 2.05) is 36.9 Å². The van der Waals surface area contributed by atoms with Crippen LogP contribution in [0.15, 0.2) is 47.0 Å². The van der Waals surface area contributed by atoms with E-state index >= 15 is 0 Å². The highest BCUT2D eigenvalue weighted by atomic mass is 16.5. The average molecular weight is 377 g/mol. The van der Waals surface area contributed by atoms with E-state index in [2.05, 4.69) is 5.16 Å². The molecule has 1 atom stereocenters. The Hall–Kier alpha value is -3.15. The van der Waals surface area contributed by atoms with Crippen LogP contribution in [0.4, 0.5) is 0 Å². The second-order valence-electron chi connectivity index (χ2n) is 7.37. The van der Waals surface area contributed by atoms with Gasteiger partial charge < -0.3 is 14.5 Å². The molecule has 1 amide bonds. The Morgan fingerprint density at radius 1 is 1.21 bits per heavy atom. The number of phenols is 1. The topological polar surface area (TPSA) is 79.5 Å². The number of rotatable bonds is 4. The molecule has 1 aliphatic rings. The summed E-state index contributed by atoms with van der Waals surface area (Å²) in [6.07, 6.45) is 1.79. The summed E-state index contributed by atoms with van der Waals surface area (Å²) in [5.41, 5.74) is 4.30. The molecule has 6 heteroatoms. The van der Waals surface area contributed by atoms with Crippen LogP contribution < -0.4 is 0 Å². The second kappa shape index (κ2) is 7.46. The van der Waals surface area contributed by atoms with E-state index < -0.39 is 0 Å². The summed E-state index contributed by atoms with van der Waals surface area (Å²) in [5, 5.41) is 13.4. The lowest BCUT2D eigenvalue weighted by Gasteiger charge is -2.16. The van der Waals surface area contributed by atoms with Crippen molar-refractivity contribution in [3.63, 3.8) is 0 Å².